The summed E-state index contributed by atoms with van der Waals surface area (Å²) in [5, 5.41) is 11.6. The molecular formula is C15H14ClNO5. The third-order valence-corrected chi connectivity index (χ3v) is 3.00. The number of methoxy groups -OCH3 is 1. The number of halogens is 1. The molecule has 0 amide bonds. The maximum absolute atomic E-state index is 11.0. The van der Waals surface area contributed by atoms with Crippen LogP contribution in [0.15, 0.2) is 42.5 Å². The van der Waals surface area contributed by atoms with Gasteiger partial charge in [-0.2, -0.15) is 0 Å². The average Bonchev–Trinajstić information content (AvgIpc) is 2.51. The van der Waals surface area contributed by atoms with Gasteiger partial charge in [0, 0.05) is 5.02 Å². The molecule has 0 aliphatic carbocycles. The van der Waals surface area contributed by atoms with Crippen molar-refractivity contribution in [2.75, 3.05) is 20.3 Å². The van der Waals surface area contributed by atoms with Crippen molar-refractivity contribution in [3.63, 3.8) is 0 Å². The molecule has 0 unspecified atom stereocenters. The van der Waals surface area contributed by atoms with Crippen LogP contribution in [-0.2, 0) is 0 Å². The minimum atomic E-state index is -0.518. The zero-order valence-electron chi connectivity index (χ0n) is 11.8. The normalized spacial score (nSPS) is 10.1. The first kappa shape index (κ1) is 15.9. The van der Waals surface area contributed by atoms with Crippen molar-refractivity contribution in [2.45, 2.75) is 0 Å². The van der Waals surface area contributed by atoms with Gasteiger partial charge in [-0.25, -0.2) is 0 Å². The molecule has 0 heterocycles. The van der Waals surface area contributed by atoms with Gasteiger partial charge in [-0.15, -0.1) is 0 Å². The van der Waals surface area contributed by atoms with E-state index in [9.17, 15) is 10.1 Å². The number of nitro groups is 1. The van der Waals surface area contributed by atoms with E-state index in [1.54, 1.807) is 30.3 Å². The largest absolute Gasteiger partial charge is 0.496 e. The van der Waals surface area contributed by atoms with Gasteiger partial charge >= 0.3 is 5.69 Å². The van der Waals surface area contributed by atoms with E-state index in [1.807, 2.05) is 0 Å². The van der Waals surface area contributed by atoms with Gasteiger partial charge in [0.05, 0.1) is 18.1 Å². The summed E-state index contributed by atoms with van der Waals surface area (Å²) < 4.78 is 15.8. The Morgan fingerprint density at radius 1 is 1.09 bits per heavy atom. The zero-order valence-corrected chi connectivity index (χ0v) is 12.6. The van der Waals surface area contributed by atoms with Crippen LogP contribution in [0.2, 0.25) is 5.02 Å². The Hall–Kier alpha value is -2.47. The molecular weight excluding hydrogens is 310 g/mol. The van der Waals surface area contributed by atoms with Crippen molar-refractivity contribution in [1.29, 1.82) is 0 Å². The summed E-state index contributed by atoms with van der Waals surface area (Å²) in [6.07, 6.45) is 0. The Kier molecular flexibility index (Phi) is 5.43. The van der Waals surface area contributed by atoms with E-state index in [4.69, 9.17) is 25.8 Å². The van der Waals surface area contributed by atoms with E-state index in [0.29, 0.717) is 16.5 Å². The molecule has 6 nitrogen and oxygen atoms in total. The summed E-state index contributed by atoms with van der Waals surface area (Å²) in [6.45, 7) is 0.406. The number of benzene rings is 2. The second kappa shape index (κ2) is 7.51. The number of nitro benzene ring substituents is 1. The molecule has 2 rings (SSSR count). The SMILES string of the molecule is COc1ccc(OCCOc2cccc(Cl)c2)c([N+](=O)[O-])c1. The molecule has 0 fully saturated rings. The predicted molar refractivity (Wildman–Crippen MR) is 82.1 cm³/mol. The predicted octanol–water partition coefficient (Wildman–Crippen LogP) is 3.71. The van der Waals surface area contributed by atoms with Gasteiger partial charge in [0.25, 0.3) is 0 Å². The van der Waals surface area contributed by atoms with Crippen molar-refractivity contribution < 1.29 is 19.1 Å². The second-order valence-electron chi connectivity index (χ2n) is 4.25. The minimum Gasteiger partial charge on any atom is -0.496 e. The lowest BCUT2D eigenvalue weighted by Crippen LogP contribution is -2.10. The van der Waals surface area contributed by atoms with Crippen molar-refractivity contribution in [3.05, 3.63) is 57.6 Å². The first-order chi connectivity index (χ1) is 10.6. The summed E-state index contributed by atoms with van der Waals surface area (Å²) >= 11 is 5.84. The van der Waals surface area contributed by atoms with Gasteiger partial charge in [-0.3, -0.25) is 10.1 Å². The molecule has 116 valence electrons. The lowest BCUT2D eigenvalue weighted by atomic mass is 10.3. The number of nitrogens with zero attached hydrogens (tertiary/aromatic N) is 1. The van der Waals surface area contributed by atoms with Crippen molar-refractivity contribution in [3.8, 4) is 17.2 Å². The van der Waals surface area contributed by atoms with Gasteiger partial charge in [-0.1, -0.05) is 17.7 Å². The van der Waals surface area contributed by atoms with E-state index in [-0.39, 0.29) is 24.7 Å². The Balaban J connectivity index is 1.93. The molecule has 22 heavy (non-hydrogen) atoms. The molecule has 0 spiro atoms. The van der Waals surface area contributed by atoms with Crippen LogP contribution in [-0.4, -0.2) is 25.2 Å². The monoisotopic (exact) mass is 323 g/mol. The van der Waals surface area contributed by atoms with Crippen LogP contribution in [0.5, 0.6) is 17.2 Å². The number of hydrogen-bond donors (Lipinski definition) is 0. The van der Waals surface area contributed by atoms with Crippen molar-refractivity contribution in [1.82, 2.24) is 0 Å². The summed E-state index contributed by atoms with van der Waals surface area (Å²) in [6, 6.07) is 11.4. The molecule has 0 N–H and O–H groups in total. The average molecular weight is 324 g/mol. The molecule has 7 heteroatoms. The highest BCUT2D eigenvalue weighted by Gasteiger charge is 2.16. The van der Waals surface area contributed by atoms with E-state index < -0.39 is 4.92 Å². The summed E-state index contributed by atoms with van der Waals surface area (Å²) in [4.78, 5) is 10.5. The fourth-order valence-electron chi connectivity index (χ4n) is 1.76. The number of hydrogen-bond acceptors (Lipinski definition) is 5. The van der Waals surface area contributed by atoms with Crippen molar-refractivity contribution in [2.24, 2.45) is 0 Å². The van der Waals surface area contributed by atoms with Crippen LogP contribution in [0.3, 0.4) is 0 Å². The van der Waals surface area contributed by atoms with Gasteiger partial charge in [-0.05, 0) is 30.3 Å². The number of ether oxygens (including phenoxy) is 3. The minimum absolute atomic E-state index is 0.151. The summed E-state index contributed by atoms with van der Waals surface area (Å²) in [5.74, 6) is 1.18. The van der Waals surface area contributed by atoms with E-state index in [0.717, 1.165) is 0 Å². The standard InChI is InChI=1S/C15H14ClNO5/c1-20-12-5-6-15(14(10-12)17(18)19)22-8-7-21-13-4-2-3-11(16)9-13/h2-6,9-10H,7-8H2,1H3. The molecule has 0 saturated carbocycles. The lowest BCUT2D eigenvalue weighted by molar-refractivity contribution is -0.385. The Morgan fingerprint density at radius 3 is 2.55 bits per heavy atom. The smallest absolute Gasteiger partial charge is 0.314 e. The Morgan fingerprint density at radius 2 is 1.86 bits per heavy atom. The Labute approximate surface area is 132 Å². The highest BCUT2D eigenvalue weighted by atomic mass is 35.5. The molecule has 0 radical (unpaired) electrons. The first-order valence-corrected chi connectivity index (χ1v) is 6.81. The maximum atomic E-state index is 11.0. The fraction of sp³-hybridized carbons (Fsp3) is 0.200. The summed E-state index contributed by atoms with van der Waals surface area (Å²) in [7, 11) is 1.44. The Bertz CT molecular complexity index is 662. The summed E-state index contributed by atoms with van der Waals surface area (Å²) in [5.41, 5.74) is -0.151. The third kappa shape index (κ3) is 4.26. The molecule has 2 aromatic rings. The van der Waals surface area contributed by atoms with Gasteiger partial charge in [0.1, 0.15) is 24.7 Å². The molecule has 0 aliphatic rings. The molecule has 2 aromatic carbocycles. The quantitative estimate of drug-likeness (QED) is 0.441. The van der Waals surface area contributed by atoms with Gasteiger partial charge in [0.2, 0.25) is 0 Å². The van der Waals surface area contributed by atoms with Crippen LogP contribution < -0.4 is 14.2 Å². The van der Waals surface area contributed by atoms with Crippen LogP contribution >= 0.6 is 11.6 Å². The van der Waals surface area contributed by atoms with E-state index in [2.05, 4.69) is 0 Å². The zero-order chi connectivity index (χ0) is 15.9. The lowest BCUT2D eigenvalue weighted by Gasteiger charge is -2.09. The van der Waals surface area contributed by atoms with Crippen LogP contribution in [0.25, 0.3) is 0 Å². The fourth-order valence-corrected chi connectivity index (χ4v) is 1.94. The maximum Gasteiger partial charge on any atom is 0.314 e. The van der Waals surface area contributed by atoms with Gasteiger partial charge in [0.15, 0.2) is 5.75 Å². The first-order valence-electron chi connectivity index (χ1n) is 6.44. The van der Waals surface area contributed by atoms with Crippen LogP contribution in [0.4, 0.5) is 5.69 Å². The molecule has 0 atom stereocenters. The van der Waals surface area contributed by atoms with Gasteiger partial charge < -0.3 is 14.2 Å². The highest BCUT2D eigenvalue weighted by Crippen LogP contribution is 2.30. The topological polar surface area (TPSA) is 70.8 Å². The van der Waals surface area contributed by atoms with Crippen molar-refractivity contribution >= 4 is 17.3 Å². The van der Waals surface area contributed by atoms with E-state index >= 15 is 0 Å². The molecule has 0 aliphatic heterocycles. The van der Waals surface area contributed by atoms with E-state index in [1.165, 1.54) is 19.2 Å². The third-order valence-electron chi connectivity index (χ3n) is 2.77. The highest BCUT2D eigenvalue weighted by molar-refractivity contribution is 6.30. The second-order valence-corrected chi connectivity index (χ2v) is 4.68. The molecule has 0 saturated heterocycles. The van der Waals surface area contributed by atoms with Crippen LogP contribution in [0, 0.1) is 10.1 Å². The molecule has 0 aromatic heterocycles. The number of rotatable bonds is 7. The molecule has 0 bridgehead atoms. The van der Waals surface area contributed by atoms with Crippen LogP contribution in [0.1, 0.15) is 0 Å².